The molecular weight excluding hydrogens is 516 g/mol. The molecule has 7 heteroatoms. The maximum atomic E-state index is 6.24. The third kappa shape index (κ3) is 6.52. The Kier molecular flexibility index (Phi) is 8.55. The number of rotatable bonds is 8. The minimum absolute atomic E-state index is 0.299. The first-order valence-electron chi connectivity index (χ1n) is 8.93. The number of ether oxygens (including phenoxy) is 1. The van der Waals surface area contributed by atoms with Gasteiger partial charge in [0.25, 0.3) is 0 Å². The average molecular weight is 534 g/mol. The van der Waals surface area contributed by atoms with Crippen LogP contribution in [0.4, 0.5) is 0 Å². The largest absolute Gasteiger partial charge is 0.488 e. The normalized spacial score (nSPS) is 10.9. The summed E-state index contributed by atoms with van der Waals surface area (Å²) in [6.07, 6.45) is 0.801. The highest BCUT2D eigenvalue weighted by atomic mass is 79.9. The lowest BCUT2D eigenvalue weighted by atomic mass is 10.1. The van der Waals surface area contributed by atoms with Gasteiger partial charge >= 0.3 is 0 Å². The van der Waals surface area contributed by atoms with Crippen molar-refractivity contribution < 1.29 is 4.74 Å². The zero-order chi connectivity index (χ0) is 20.8. The van der Waals surface area contributed by atoms with Crippen molar-refractivity contribution in [1.29, 1.82) is 0 Å². The first kappa shape index (κ1) is 22.7. The van der Waals surface area contributed by atoms with Crippen LogP contribution in [-0.4, -0.2) is 6.54 Å². The molecule has 0 atom stereocenters. The summed E-state index contributed by atoms with van der Waals surface area (Å²) in [5, 5.41) is 5.94. The van der Waals surface area contributed by atoms with Crippen LogP contribution in [0.5, 0.6) is 5.75 Å². The molecule has 0 fully saturated rings. The lowest BCUT2D eigenvalue weighted by molar-refractivity contribution is 0.302. The van der Waals surface area contributed by atoms with E-state index in [0.717, 1.165) is 39.9 Å². The maximum absolute atomic E-state index is 6.24. The summed E-state index contributed by atoms with van der Waals surface area (Å²) in [4.78, 5) is 0. The van der Waals surface area contributed by atoms with E-state index < -0.39 is 0 Å². The molecule has 0 radical (unpaired) electrons. The second kappa shape index (κ2) is 10.9. The second-order valence-electron chi connectivity index (χ2n) is 6.40. The van der Waals surface area contributed by atoms with Gasteiger partial charge in [0.2, 0.25) is 0 Å². The van der Waals surface area contributed by atoms with Gasteiger partial charge in [-0.15, -0.1) is 0 Å². The lowest BCUT2D eigenvalue weighted by Gasteiger charge is -2.14. The highest BCUT2D eigenvalue weighted by Crippen LogP contribution is 2.28. The second-order valence-corrected chi connectivity index (χ2v) is 8.98. The minimum atomic E-state index is 0.299. The Balaban J connectivity index is 1.61. The van der Waals surface area contributed by atoms with E-state index in [1.807, 2.05) is 36.4 Å². The standard InChI is InChI=1S/C22H18BrCl4NO/c23-16-5-7-22(29-13-18-19(25)2-1-3-20(18)26)15(10-16)12-28-9-8-14-4-6-17(24)11-21(14)27/h1-7,10-11,28H,8-9,12-13H2. The van der Waals surface area contributed by atoms with Crippen molar-refractivity contribution in [1.82, 2.24) is 5.32 Å². The summed E-state index contributed by atoms with van der Waals surface area (Å²) in [7, 11) is 0. The van der Waals surface area contributed by atoms with Gasteiger partial charge in [-0.25, -0.2) is 0 Å². The molecule has 152 valence electrons. The third-order valence-electron chi connectivity index (χ3n) is 4.36. The van der Waals surface area contributed by atoms with Gasteiger partial charge in [-0.2, -0.15) is 0 Å². The van der Waals surface area contributed by atoms with Crippen molar-refractivity contribution in [3.63, 3.8) is 0 Å². The molecule has 0 amide bonds. The van der Waals surface area contributed by atoms with E-state index in [1.54, 1.807) is 18.2 Å². The molecule has 0 aromatic heterocycles. The van der Waals surface area contributed by atoms with Gasteiger partial charge in [0, 0.05) is 42.2 Å². The SMILES string of the molecule is Clc1ccc(CCNCc2cc(Br)ccc2OCc2c(Cl)cccc2Cl)c(Cl)c1. The summed E-state index contributed by atoms with van der Waals surface area (Å²) >= 11 is 28.2. The molecule has 0 saturated heterocycles. The van der Waals surface area contributed by atoms with Crippen molar-refractivity contribution in [2.45, 2.75) is 19.6 Å². The summed E-state index contributed by atoms with van der Waals surface area (Å²) in [5.41, 5.74) is 2.86. The highest BCUT2D eigenvalue weighted by molar-refractivity contribution is 9.10. The molecule has 2 nitrogen and oxygen atoms in total. The summed E-state index contributed by atoms with van der Waals surface area (Å²) < 4.78 is 7.01. The molecule has 29 heavy (non-hydrogen) atoms. The average Bonchev–Trinajstić information content (AvgIpc) is 2.67. The fraction of sp³-hybridized carbons (Fsp3) is 0.182. The number of halogens is 5. The Morgan fingerprint density at radius 3 is 2.31 bits per heavy atom. The first-order chi connectivity index (χ1) is 13.9. The number of hydrogen-bond acceptors (Lipinski definition) is 2. The smallest absolute Gasteiger partial charge is 0.124 e. The Labute approximate surface area is 199 Å². The van der Waals surface area contributed by atoms with E-state index in [2.05, 4.69) is 21.2 Å². The van der Waals surface area contributed by atoms with Crippen LogP contribution < -0.4 is 10.1 Å². The van der Waals surface area contributed by atoms with Crippen LogP contribution >= 0.6 is 62.3 Å². The van der Waals surface area contributed by atoms with Gasteiger partial charge in [-0.05, 0) is 61.0 Å². The molecule has 1 N–H and O–H groups in total. The molecule has 3 rings (SSSR count). The van der Waals surface area contributed by atoms with Crippen molar-refractivity contribution in [2.75, 3.05) is 6.54 Å². The number of benzene rings is 3. The van der Waals surface area contributed by atoms with Crippen LogP contribution in [0.2, 0.25) is 20.1 Å². The van der Waals surface area contributed by atoms with E-state index in [4.69, 9.17) is 51.1 Å². The predicted molar refractivity (Wildman–Crippen MR) is 127 cm³/mol. The Morgan fingerprint density at radius 1 is 0.828 bits per heavy atom. The van der Waals surface area contributed by atoms with Crippen LogP contribution in [0, 0.1) is 0 Å². The molecular formula is C22H18BrCl4NO. The van der Waals surface area contributed by atoms with Crippen LogP contribution in [0.25, 0.3) is 0 Å². The van der Waals surface area contributed by atoms with Gasteiger partial charge in [0.05, 0.1) is 0 Å². The van der Waals surface area contributed by atoms with Gasteiger partial charge in [0.1, 0.15) is 12.4 Å². The lowest BCUT2D eigenvalue weighted by Crippen LogP contribution is -2.17. The monoisotopic (exact) mass is 531 g/mol. The molecule has 0 bridgehead atoms. The Bertz CT molecular complexity index is 976. The van der Waals surface area contributed by atoms with Crippen molar-refractivity contribution >= 4 is 62.3 Å². The van der Waals surface area contributed by atoms with Crippen LogP contribution in [0.3, 0.4) is 0 Å². The van der Waals surface area contributed by atoms with Crippen LogP contribution in [-0.2, 0) is 19.6 Å². The quantitative estimate of drug-likeness (QED) is 0.296. The number of nitrogens with one attached hydrogen (secondary N) is 1. The first-order valence-corrected chi connectivity index (χ1v) is 11.2. The van der Waals surface area contributed by atoms with Gasteiger partial charge in [0.15, 0.2) is 0 Å². The van der Waals surface area contributed by atoms with Crippen LogP contribution in [0.1, 0.15) is 16.7 Å². The van der Waals surface area contributed by atoms with Gasteiger partial charge < -0.3 is 10.1 Å². The molecule has 0 aliphatic heterocycles. The van der Waals surface area contributed by atoms with Gasteiger partial charge in [-0.1, -0.05) is 74.5 Å². The molecule has 0 spiro atoms. The Morgan fingerprint density at radius 2 is 1.59 bits per heavy atom. The number of hydrogen-bond donors (Lipinski definition) is 1. The van der Waals surface area contributed by atoms with E-state index in [1.165, 1.54) is 0 Å². The van der Waals surface area contributed by atoms with E-state index in [0.29, 0.717) is 33.2 Å². The molecule has 0 aliphatic carbocycles. The van der Waals surface area contributed by atoms with E-state index in [-0.39, 0.29) is 0 Å². The topological polar surface area (TPSA) is 21.3 Å². The summed E-state index contributed by atoms with van der Waals surface area (Å²) in [6, 6.07) is 16.9. The highest BCUT2D eigenvalue weighted by Gasteiger charge is 2.10. The molecule has 3 aromatic rings. The van der Waals surface area contributed by atoms with E-state index in [9.17, 15) is 0 Å². The van der Waals surface area contributed by atoms with Gasteiger partial charge in [-0.3, -0.25) is 0 Å². The summed E-state index contributed by atoms with van der Waals surface area (Å²) in [6.45, 7) is 1.72. The predicted octanol–water partition coefficient (Wildman–Crippen LogP) is 7.97. The molecule has 0 aliphatic rings. The molecule has 0 unspecified atom stereocenters. The fourth-order valence-electron chi connectivity index (χ4n) is 2.82. The fourth-order valence-corrected chi connectivity index (χ4v) is 4.24. The summed E-state index contributed by atoms with van der Waals surface area (Å²) in [5.74, 6) is 0.779. The van der Waals surface area contributed by atoms with Crippen LogP contribution in [0.15, 0.2) is 59.1 Å². The Hall–Kier alpha value is -0.940. The maximum Gasteiger partial charge on any atom is 0.124 e. The molecule has 3 aromatic carbocycles. The third-order valence-corrected chi connectivity index (χ3v) is 6.15. The van der Waals surface area contributed by atoms with Crippen molar-refractivity contribution in [3.05, 3.63) is 95.9 Å². The minimum Gasteiger partial charge on any atom is -0.488 e. The molecule has 0 heterocycles. The van der Waals surface area contributed by atoms with Crippen molar-refractivity contribution in [2.24, 2.45) is 0 Å². The van der Waals surface area contributed by atoms with Crippen molar-refractivity contribution in [3.8, 4) is 5.75 Å². The zero-order valence-electron chi connectivity index (χ0n) is 15.3. The van der Waals surface area contributed by atoms with E-state index >= 15 is 0 Å². The zero-order valence-corrected chi connectivity index (χ0v) is 19.9. The molecule has 0 saturated carbocycles.